The molecular weight excluding hydrogens is 172 g/mol. The summed E-state index contributed by atoms with van der Waals surface area (Å²) < 4.78 is 0. The first-order valence-electron chi connectivity index (χ1n) is 4.92. The minimum atomic E-state index is 0.137. The van der Waals surface area contributed by atoms with Crippen LogP contribution in [0.3, 0.4) is 0 Å². The average molecular weight is 186 g/mol. The van der Waals surface area contributed by atoms with Crippen LogP contribution < -0.4 is 0 Å². The SMILES string of the molecule is C=C1CCc2c(C)cc(C)cc2C1=O. The second kappa shape index (κ2) is 3.09. The summed E-state index contributed by atoms with van der Waals surface area (Å²) >= 11 is 0. The Balaban J connectivity index is 2.65. The first-order valence-corrected chi connectivity index (χ1v) is 4.92. The first kappa shape index (κ1) is 9.20. The molecule has 0 aliphatic heterocycles. The van der Waals surface area contributed by atoms with Crippen LogP contribution in [-0.2, 0) is 6.42 Å². The molecule has 0 radical (unpaired) electrons. The van der Waals surface area contributed by atoms with E-state index in [0.717, 1.165) is 29.5 Å². The number of benzene rings is 1. The van der Waals surface area contributed by atoms with E-state index in [-0.39, 0.29) is 5.78 Å². The largest absolute Gasteiger partial charge is 0.289 e. The fraction of sp³-hybridized carbons (Fsp3) is 0.308. The summed E-state index contributed by atoms with van der Waals surface area (Å²) in [4.78, 5) is 11.8. The molecule has 2 rings (SSSR count). The van der Waals surface area contributed by atoms with Crippen molar-refractivity contribution in [3.63, 3.8) is 0 Å². The van der Waals surface area contributed by atoms with Gasteiger partial charge in [-0.05, 0) is 49.5 Å². The number of fused-ring (bicyclic) bond motifs is 1. The van der Waals surface area contributed by atoms with Gasteiger partial charge in [0.25, 0.3) is 0 Å². The lowest BCUT2D eigenvalue weighted by molar-refractivity contribution is 0.102. The molecule has 0 spiro atoms. The Morgan fingerprint density at radius 2 is 1.93 bits per heavy atom. The number of carbonyl (C=O) groups is 1. The lowest BCUT2D eigenvalue weighted by Gasteiger charge is -2.19. The van der Waals surface area contributed by atoms with E-state index in [0.29, 0.717) is 0 Å². The van der Waals surface area contributed by atoms with E-state index in [1.165, 1.54) is 11.1 Å². The molecule has 14 heavy (non-hydrogen) atoms. The second-order valence-electron chi connectivity index (χ2n) is 4.04. The van der Waals surface area contributed by atoms with Gasteiger partial charge in [-0.3, -0.25) is 4.79 Å². The number of carbonyl (C=O) groups excluding carboxylic acids is 1. The normalized spacial score (nSPS) is 15.6. The van der Waals surface area contributed by atoms with Crippen LogP contribution in [0.1, 0.15) is 33.5 Å². The van der Waals surface area contributed by atoms with Gasteiger partial charge in [0, 0.05) is 5.56 Å². The average Bonchev–Trinajstić information content (AvgIpc) is 2.12. The molecule has 1 aliphatic carbocycles. The van der Waals surface area contributed by atoms with Crippen LogP contribution in [-0.4, -0.2) is 5.78 Å². The van der Waals surface area contributed by atoms with Crippen molar-refractivity contribution in [2.24, 2.45) is 0 Å². The molecular formula is C13H14O. The highest BCUT2D eigenvalue weighted by molar-refractivity contribution is 6.10. The maximum Gasteiger partial charge on any atom is 0.188 e. The first-order chi connectivity index (χ1) is 6.59. The van der Waals surface area contributed by atoms with Crippen LogP contribution in [0, 0.1) is 13.8 Å². The Bertz CT molecular complexity index is 427. The van der Waals surface area contributed by atoms with Gasteiger partial charge in [0.1, 0.15) is 0 Å². The lowest BCUT2D eigenvalue weighted by atomic mass is 9.84. The summed E-state index contributed by atoms with van der Waals surface area (Å²) in [5, 5.41) is 0. The molecule has 1 aromatic carbocycles. The van der Waals surface area contributed by atoms with Crippen LogP contribution in [0.5, 0.6) is 0 Å². The summed E-state index contributed by atoms with van der Waals surface area (Å²) in [7, 11) is 0. The van der Waals surface area contributed by atoms with Crippen molar-refractivity contribution in [2.75, 3.05) is 0 Å². The number of Topliss-reactive ketones (excluding diaryl/α,β-unsaturated/α-hetero) is 1. The Kier molecular flexibility index (Phi) is 2.03. The van der Waals surface area contributed by atoms with Crippen LogP contribution in [0.2, 0.25) is 0 Å². The molecule has 1 aliphatic rings. The van der Waals surface area contributed by atoms with Gasteiger partial charge >= 0.3 is 0 Å². The molecule has 0 N–H and O–H groups in total. The van der Waals surface area contributed by atoms with Crippen LogP contribution in [0.25, 0.3) is 0 Å². The topological polar surface area (TPSA) is 17.1 Å². The molecule has 0 heterocycles. The third-order valence-electron chi connectivity index (χ3n) is 2.86. The van der Waals surface area contributed by atoms with Crippen molar-refractivity contribution < 1.29 is 4.79 Å². The molecule has 0 atom stereocenters. The van der Waals surface area contributed by atoms with Crippen LogP contribution in [0.15, 0.2) is 24.3 Å². The third-order valence-corrected chi connectivity index (χ3v) is 2.86. The van der Waals surface area contributed by atoms with Gasteiger partial charge in [0.2, 0.25) is 0 Å². The fourth-order valence-electron chi connectivity index (χ4n) is 2.11. The molecule has 1 nitrogen and oxygen atoms in total. The zero-order chi connectivity index (χ0) is 10.3. The lowest BCUT2D eigenvalue weighted by Crippen LogP contribution is -2.14. The standard InChI is InChI=1S/C13H14O/c1-8-6-10(3)11-5-4-9(2)13(14)12(11)7-8/h6-7H,2,4-5H2,1,3H3. The molecule has 0 saturated heterocycles. The van der Waals surface area contributed by atoms with Gasteiger partial charge < -0.3 is 0 Å². The minimum Gasteiger partial charge on any atom is -0.289 e. The summed E-state index contributed by atoms with van der Waals surface area (Å²) in [6, 6.07) is 4.12. The van der Waals surface area contributed by atoms with Crippen molar-refractivity contribution in [1.82, 2.24) is 0 Å². The Labute approximate surface area is 84.5 Å². The maximum absolute atomic E-state index is 11.8. The number of ketones is 1. The number of allylic oxidation sites excluding steroid dienone is 1. The van der Waals surface area contributed by atoms with Crippen molar-refractivity contribution in [2.45, 2.75) is 26.7 Å². The molecule has 0 unspecified atom stereocenters. The molecule has 0 saturated carbocycles. The van der Waals surface area contributed by atoms with E-state index in [1.807, 2.05) is 13.0 Å². The minimum absolute atomic E-state index is 0.137. The Hall–Kier alpha value is -1.37. The van der Waals surface area contributed by atoms with E-state index in [1.54, 1.807) is 0 Å². The van der Waals surface area contributed by atoms with E-state index < -0.39 is 0 Å². The van der Waals surface area contributed by atoms with E-state index >= 15 is 0 Å². The summed E-state index contributed by atoms with van der Waals surface area (Å²) in [5.41, 5.74) is 5.24. The van der Waals surface area contributed by atoms with Crippen molar-refractivity contribution >= 4 is 5.78 Å². The van der Waals surface area contributed by atoms with Gasteiger partial charge in [-0.25, -0.2) is 0 Å². The summed E-state index contributed by atoms with van der Waals surface area (Å²) in [5.74, 6) is 0.137. The number of rotatable bonds is 0. The van der Waals surface area contributed by atoms with Crippen molar-refractivity contribution in [3.8, 4) is 0 Å². The molecule has 0 bridgehead atoms. The van der Waals surface area contributed by atoms with E-state index in [2.05, 4.69) is 19.6 Å². The molecule has 1 heteroatoms. The highest BCUT2D eigenvalue weighted by Crippen LogP contribution is 2.27. The second-order valence-corrected chi connectivity index (χ2v) is 4.04. The molecule has 0 aromatic heterocycles. The van der Waals surface area contributed by atoms with E-state index in [4.69, 9.17) is 0 Å². The predicted octanol–water partition coefficient (Wildman–Crippen LogP) is 2.99. The molecule has 0 fully saturated rings. The third kappa shape index (κ3) is 1.29. The molecule has 72 valence electrons. The maximum atomic E-state index is 11.8. The van der Waals surface area contributed by atoms with Crippen LogP contribution >= 0.6 is 0 Å². The predicted molar refractivity (Wildman–Crippen MR) is 57.7 cm³/mol. The van der Waals surface area contributed by atoms with Crippen LogP contribution in [0.4, 0.5) is 0 Å². The summed E-state index contributed by atoms with van der Waals surface area (Å²) in [6.45, 7) is 7.91. The zero-order valence-electron chi connectivity index (χ0n) is 8.68. The molecule has 1 aromatic rings. The van der Waals surface area contributed by atoms with Gasteiger partial charge in [0.05, 0.1) is 0 Å². The van der Waals surface area contributed by atoms with Crippen molar-refractivity contribution in [3.05, 3.63) is 46.5 Å². The van der Waals surface area contributed by atoms with Crippen molar-refractivity contribution in [1.29, 1.82) is 0 Å². The molecule has 0 amide bonds. The number of hydrogen-bond acceptors (Lipinski definition) is 1. The van der Waals surface area contributed by atoms with Gasteiger partial charge in [0.15, 0.2) is 5.78 Å². The van der Waals surface area contributed by atoms with Gasteiger partial charge in [-0.2, -0.15) is 0 Å². The number of hydrogen-bond donors (Lipinski definition) is 0. The fourth-order valence-corrected chi connectivity index (χ4v) is 2.11. The highest BCUT2D eigenvalue weighted by atomic mass is 16.1. The Morgan fingerprint density at radius 3 is 2.64 bits per heavy atom. The van der Waals surface area contributed by atoms with Gasteiger partial charge in [-0.1, -0.05) is 18.2 Å². The van der Waals surface area contributed by atoms with E-state index in [9.17, 15) is 4.79 Å². The van der Waals surface area contributed by atoms with Gasteiger partial charge in [-0.15, -0.1) is 0 Å². The Morgan fingerprint density at radius 1 is 1.21 bits per heavy atom. The smallest absolute Gasteiger partial charge is 0.188 e. The summed E-state index contributed by atoms with van der Waals surface area (Å²) in [6.07, 6.45) is 1.78. The zero-order valence-corrected chi connectivity index (χ0v) is 8.68. The number of aryl methyl sites for hydroxylation is 2. The highest BCUT2D eigenvalue weighted by Gasteiger charge is 2.21. The monoisotopic (exact) mass is 186 g/mol. The quantitative estimate of drug-likeness (QED) is 0.569.